The highest BCUT2D eigenvalue weighted by Crippen LogP contribution is 2.15. The van der Waals surface area contributed by atoms with Crippen LogP contribution in [0.4, 0.5) is 0 Å². The van der Waals surface area contributed by atoms with Gasteiger partial charge in [-0.05, 0) is 0 Å². The smallest absolute Gasteiger partial charge is 0.309 e. The number of carboxylic acids is 1. The summed E-state index contributed by atoms with van der Waals surface area (Å²) in [4.78, 5) is 19.2. The first-order valence-corrected chi connectivity index (χ1v) is 6.37. The van der Waals surface area contributed by atoms with Crippen LogP contribution in [-0.4, -0.2) is 36.0 Å². The average molecular weight is 285 g/mol. The number of rotatable bonds is 4. The molecule has 0 spiro atoms. The van der Waals surface area contributed by atoms with Gasteiger partial charge in [-0.25, -0.2) is 19.2 Å². The van der Waals surface area contributed by atoms with Crippen LogP contribution < -0.4 is 4.57 Å². The van der Waals surface area contributed by atoms with Gasteiger partial charge in [-0.3, -0.25) is 4.79 Å². The second kappa shape index (κ2) is 5.23. The van der Waals surface area contributed by atoms with E-state index in [4.69, 9.17) is 5.11 Å². The highest BCUT2D eigenvalue weighted by atomic mass is 16.4. The van der Waals surface area contributed by atoms with E-state index < -0.39 is 5.97 Å². The third-order valence-corrected chi connectivity index (χ3v) is 3.11. The zero-order chi connectivity index (χ0) is 14.8. The van der Waals surface area contributed by atoms with E-state index in [2.05, 4.69) is 20.3 Å². The van der Waals surface area contributed by atoms with Gasteiger partial charge in [0.1, 0.15) is 11.9 Å². The van der Waals surface area contributed by atoms with Crippen LogP contribution >= 0.6 is 0 Å². The number of hydrogen-bond acceptors (Lipinski definition) is 5. The normalized spacial score (nSPS) is 10.9. The number of fused-ring (bicyclic) bond motifs is 1. The van der Waals surface area contributed by atoms with E-state index >= 15 is 0 Å². The molecule has 0 unspecified atom stereocenters. The summed E-state index contributed by atoms with van der Waals surface area (Å²) in [6, 6.07) is 3.69. The van der Waals surface area contributed by atoms with Crippen molar-refractivity contribution in [3.63, 3.8) is 0 Å². The van der Waals surface area contributed by atoms with E-state index in [1.54, 1.807) is 22.5 Å². The molecule has 0 aliphatic rings. The highest BCUT2D eigenvalue weighted by Gasteiger charge is 2.10. The van der Waals surface area contributed by atoms with Crippen molar-refractivity contribution in [2.45, 2.75) is 13.0 Å². The van der Waals surface area contributed by atoms with Crippen LogP contribution in [0.25, 0.3) is 22.6 Å². The van der Waals surface area contributed by atoms with Gasteiger partial charge >= 0.3 is 5.97 Å². The van der Waals surface area contributed by atoms with Crippen molar-refractivity contribution >= 4 is 17.1 Å². The van der Waals surface area contributed by atoms with Gasteiger partial charge in [0.05, 0.1) is 6.20 Å². The lowest BCUT2D eigenvalue weighted by atomic mass is 10.2. The minimum absolute atomic E-state index is 0.0894. The van der Waals surface area contributed by atoms with E-state index in [-0.39, 0.29) is 6.42 Å². The van der Waals surface area contributed by atoms with E-state index in [0.29, 0.717) is 18.0 Å². The molecule has 0 fully saturated rings. The highest BCUT2D eigenvalue weighted by molar-refractivity contribution is 5.71. The van der Waals surface area contributed by atoms with E-state index in [1.807, 2.05) is 24.5 Å². The summed E-state index contributed by atoms with van der Waals surface area (Å²) in [5.41, 5.74) is 2.16. The molecule has 0 aliphatic carbocycles. The third kappa shape index (κ3) is 2.69. The Bertz CT molecular complexity index is 796. The molecular weight excluding hydrogens is 272 g/mol. The zero-order valence-corrected chi connectivity index (χ0v) is 11.3. The maximum atomic E-state index is 10.5. The predicted molar refractivity (Wildman–Crippen MR) is 72.0 cm³/mol. The van der Waals surface area contributed by atoms with Gasteiger partial charge < -0.3 is 5.11 Å². The third-order valence-electron chi connectivity index (χ3n) is 3.11. The number of pyridine rings is 1. The fourth-order valence-corrected chi connectivity index (χ4v) is 1.95. The van der Waals surface area contributed by atoms with Crippen molar-refractivity contribution in [1.82, 2.24) is 25.0 Å². The standard InChI is InChI=1S/C13H12N6O2/c1-18-10-8-14-12(15-13(10)16-17-18)9-2-5-19(6-3-9)7-4-11(20)21/h2-3,5-6,8H,4,7H2,1H3/p+1. The lowest BCUT2D eigenvalue weighted by Crippen LogP contribution is -2.33. The summed E-state index contributed by atoms with van der Waals surface area (Å²) >= 11 is 0. The van der Waals surface area contributed by atoms with Crippen LogP contribution in [0.15, 0.2) is 30.7 Å². The summed E-state index contributed by atoms with van der Waals surface area (Å²) in [5.74, 6) is -0.253. The Morgan fingerprint density at radius 1 is 1.38 bits per heavy atom. The maximum absolute atomic E-state index is 10.5. The molecule has 8 heteroatoms. The molecule has 1 N–H and O–H groups in total. The topological polar surface area (TPSA) is 97.7 Å². The van der Waals surface area contributed by atoms with Crippen LogP contribution in [0.2, 0.25) is 0 Å². The molecule has 106 valence electrons. The molecule has 3 aromatic heterocycles. The molecule has 3 heterocycles. The molecule has 0 radical (unpaired) electrons. The van der Waals surface area contributed by atoms with Crippen molar-refractivity contribution in [3.05, 3.63) is 30.7 Å². The molecule has 0 saturated carbocycles. The van der Waals surface area contributed by atoms with Crippen LogP contribution in [0.3, 0.4) is 0 Å². The van der Waals surface area contributed by atoms with Gasteiger partial charge in [-0.1, -0.05) is 5.21 Å². The Hall–Kier alpha value is -2.90. The molecule has 3 aromatic rings. The van der Waals surface area contributed by atoms with Crippen molar-refractivity contribution in [2.24, 2.45) is 7.05 Å². The predicted octanol–water partition coefficient (Wildman–Crippen LogP) is 0.187. The molecule has 21 heavy (non-hydrogen) atoms. The number of carbonyl (C=O) groups is 1. The van der Waals surface area contributed by atoms with Crippen LogP contribution in [-0.2, 0) is 18.4 Å². The summed E-state index contributed by atoms with van der Waals surface area (Å²) in [7, 11) is 1.78. The van der Waals surface area contributed by atoms with Gasteiger partial charge in [-0.2, -0.15) is 0 Å². The first-order chi connectivity index (χ1) is 10.1. The van der Waals surface area contributed by atoms with E-state index in [1.165, 1.54) is 0 Å². The Balaban J connectivity index is 1.86. The minimum atomic E-state index is -0.817. The Morgan fingerprint density at radius 3 is 2.86 bits per heavy atom. The number of nitrogens with zero attached hydrogens (tertiary/aromatic N) is 6. The molecule has 0 bridgehead atoms. The number of hydrogen-bond donors (Lipinski definition) is 1. The summed E-state index contributed by atoms with van der Waals surface area (Å²) in [6.45, 7) is 0.430. The largest absolute Gasteiger partial charge is 0.481 e. The van der Waals surface area contributed by atoms with Gasteiger partial charge in [0.2, 0.25) is 5.65 Å². The number of aryl methyl sites for hydroxylation is 2. The first-order valence-electron chi connectivity index (χ1n) is 6.37. The monoisotopic (exact) mass is 285 g/mol. The van der Waals surface area contributed by atoms with Crippen molar-refractivity contribution < 1.29 is 14.5 Å². The van der Waals surface area contributed by atoms with Crippen LogP contribution in [0, 0.1) is 0 Å². The Morgan fingerprint density at radius 2 is 2.14 bits per heavy atom. The number of aromatic nitrogens is 6. The molecule has 8 nitrogen and oxygen atoms in total. The fraction of sp³-hybridized carbons (Fsp3) is 0.231. The summed E-state index contributed by atoms with van der Waals surface area (Å²) in [6.07, 6.45) is 5.39. The van der Waals surface area contributed by atoms with Crippen LogP contribution in [0.1, 0.15) is 6.42 Å². The number of carboxylic acid groups (broad SMARTS) is 1. The second-order valence-corrected chi connectivity index (χ2v) is 4.58. The van der Waals surface area contributed by atoms with Crippen molar-refractivity contribution in [2.75, 3.05) is 0 Å². The molecule has 0 amide bonds. The molecule has 0 aliphatic heterocycles. The maximum Gasteiger partial charge on any atom is 0.309 e. The quantitative estimate of drug-likeness (QED) is 0.687. The minimum Gasteiger partial charge on any atom is -0.481 e. The van der Waals surface area contributed by atoms with E-state index in [0.717, 1.165) is 11.1 Å². The Kier molecular flexibility index (Phi) is 3.27. The SMILES string of the molecule is Cn1nnc2nc(-c3cc[n+](CCC(=O)O)cc3)ncc21. The lowest BCUT2D eigenvalue weighted by molar-refractivity contribution is -0.695. The zero-order valence-electron chi connectivity index (χ0n) is 11.3. The molecule has 0 atom stereocenters. The lowest BCUT2D eigenvalue weighted by Gasteiger charge is -1.99. The number of aliphatic carboxylic acids is 1. The first kappa shape index (κ1) is 13.1. The molecule has 0 aromatic carbocycles. The molecule has 0 saturated heterocycles. The van der Waals surface area contributed by atoms with E-state index in [9.17, 15) is 4.79 Å². The van der Waals surface area contributed by atoms with Gasteiger partial charge in [-0.15, -0.1) is 5.10 Å². The molecule has 3 rings (SSSR count). The molecular formula is C13H13N6O2+. The van der Waals surface area contributed by atoms with Crippen molar-refractivity contribution in [1.29, 1.82) is 0 Å². The summed E-state index contributed by atoms with van der Waals surface area (Å²) < 4.78 is 3.42. The van der Waals surface area contributed by atoms with Gasteiger partial charge in [0.15, 0.2) is 24.8 Å². The van der Waals surface area contributed by atoms with Gasteiger partial charge in [0, 0.05) is 24.7 Å². The Labute approximate surface area is 119 Å². The fourth-order valence-electron chi connectivity index (χ4n) is 1.95. The van der Waals surface area contributed by atoms with Gasteiger partial charge in [0.25, 0.3) is 0 Å². The second-order valence-electron chi connectivity index (χ2n) is 4.58. The average Bonchev–Trinajstić information content (AvgIpc) is 2.86. The van der Waals surface area contributed by atoms with Crippen LogP contribution in [0.5, 0.6) is 0 Å². The summed E-state index contributed by atoms with van der Waals surface area (Å²) in [5, 5.41) is 16.5. The van der Waals surface area contributed by atoms with Crippen molar-refractivity contribution in [3.8, 4) is 11.4 Å².